The van der Waals surface area contributed by atoms with E-state index in [0.29, 0.717) is 10.0 Å². The maximum absolute atomic E-state index is 6.61. The Labute approximate surface area is 196 Å². The molecule has 0 radical (unpaired) electrons. The van der Waals surface area contributed by atoms with Crippen molar-refractivity contribution in [1.82, 2.24) is 14.5 Å². The standard InChI is InChI=1S/C25H23Cl2N3O2/c26-18-6-9-20(23(27)13-18)25(30-11-10-28-16-30)22-15-29-14-21(22)17-4-7-19(8-5-17)32-24-3-1-2-12-31-24/h4-11,13-16,24-25,29H,1-3,12H2. The Balaban J connectivity index is 1.48. The zero-order valence-electron chi connectivity index (χ0n) is 17.4. The number of aromatic amines is 1. The highest BCUT2D eigenvalue weighted by Gasteiger charge is 2.23. The van der Waals surface area contributed by atoms with Gasteiger partial charge < -0.3 is 19.0 Å². The van der Waals surface area contributed by atoms with Gasteiger partial charge in [-0.3, -0.25) is 0 Å². The molecule has 4 aromatic rings. The monoisotopic (exact) mass is 467 g/mol. The first kappa shape index (κ1) is 21.1. The highest BCUT2D eigenvalue weighted by atomic mass is 35.5. The second-order valence-electron chi connectivity index (χ2n) is 7.84. The van der Waals surface area contributed by atoms with E-state index in [-0.39, 0.29) is 12.3 Å². The molecular weight excluding hydrogens is 445 g/mol. The van der Waals surface area contributed by atoms with Gasteiger partial charge in [-0.05, 0) is 48.2 Å². The van der Waals surface area contributed by atoms with E-state index in [0.717, 1.165) is 53.9 Å². The molecule has 2 aromatic carbocycles. The number of hydrogen-bond donors (Lipinski definition) is 1. The molecule has 1 aliphatic rings. The highest BCUT2D eigenvalue weighted by molar-refractivity contribution is 6.35. The Morgan fingerprint density at radius 3 is 2.66 bits per heavy atom. The zero-order valence-corrected chi connectivity index (χ0v) is 18.9. The van der Waals surface area contributed by atoms with Gasteiger partial charge in [0, 0.05) is 52.4 Å². The van der Waals surface area contributed by atoms with Crippen LogP contribution in [-0.4, -0.2) is 27.4 Å². The Morgan fingerprint density at radius 2 is 1.94 bits per heavy atom. The normalized spacial score (nSPS) is 17.2. The van der Waals surface area contributed by atoms with E-state index in [1.807, 2.05) is 47.4 Å². The van der Waals surface area contributed by atoms with Gasteiger partial charge in [0.05, 0.1) is 19.0 Å². The molecule has 164 valence electrons. The minimum absolute atomic E-state index is 0.157. The van der Waals surface area contributed by atoms with Gasteiger partial charge in [-0.25, -0.2) is 4.98 Å². The van der Waals surface area contributed by atoms with Gasteiger partial charge in [-0.2, -0.15) is 0 Å². The maximum atomic E-state index is 6.61. The van der Waals surface area contributed by atoms with Crippen LogP contribution in [0.1, 0.15) is 36.4 Å². The summed E-state index contributed by atoms with van der Waals surface area (Å²) >= 11 is 12.8. The lowest BCUT2D eigenvalue weighted by molar-refractivity contribution is -0.105. The van der Waals surface area contributed by atoms with Crippen molar-refractivity contribution in [2.75, 3.05) is 6.61 Å². The smallest absolute Gasteiger partial charge is 0.199 e. The molecule has 1 aliphatic heterocycles. The third-order valence-corrected chi connectivity index (χ3v) is 6.29. The van der Waals surface area contributed by atoms with E-state index in [1.165, 1.54) is 0 Å². The van der Waals surface area contributed by atoms with E-state index in [2.05, 4.69) is 22.1 Å². The molecule has 1 fully saturated rings. The summed E-state index contributed by atoms with van der Waals surface area (Å²) in [5.41, 5.74) is 4.18. The van der Waals surface area contributed by atoms with E-state index < -0.39 is 0 Å². The minimum atomic E-state index is -0.157. The molecule has 0 spiro atoms. The van der Waals surface area contributed by atoms with Crippen molar-refractivity contribution in [2.24, 2.45) is 0 Å². The second kappa shape index (κ2) is 9.41. The lowest BCUT2D eigenvalue weighted by Gasteiger charge is -2.23. The Kier molecular flexibility index (Phi) is 6.21. The van der Waals surface area contributed by atoms with E-state index in [1.54, 1.807) is 18.6 Å². The lowest BCUT2D eigenvalue weighted by Crippen LogP contribution is -2.24. The first-order valence-corrected chi connectivity index (χ1v) is 11.4. The largest absolute Gasteiger partial charge is 0.465 e. The summed E-state index contributed by atoms with van der Waals surface area (Å²) in [6.45, 7) is 0.762. The summed E-state index contributed by atoms with van der Waals surface area (Å²) < 4.78 is 13.7. The van der Waals surface area contributed by atoms with E-state index in [4.69, 9.17) is 32.7 Å². The fraction of sp³-hybridized carbons (Fsp3) is 0.240. The summed E-state index contributed by atoms with van der Waals surface area (Å²) in [6.07, 6.45) is 12.5. The third kappa shape index (κ3) is 4.42. The first-order valence-electron chi connectivity index (χ1n) is 10.7. The molecule has 0 aliphatic carbocycles. The van der Waals surface area contributed by atoms with Crippen LogP contribution in [-0.2, 0) is 4.74 Å². The molecule has 1 N–H and O–H groups in total. The van der Waals surface area contributed by atoms with Crippen LogP contribution >= 0.6 is 23.2 Å². The van der Waals surface area contributed by atoms with Crippen molar-refractivity contribution in [1.29, 1.82) is 0 Å². The van der Waals surface area contributed by atoms with Crippen LogP contribution in [0.2, 0.25) is 10.0 Å². The summed E-state index contributed by atoms with van der Waals surface area (Å²) in [7, 11) is 0. The van der Waals surface area contributed by atoms with Crippen LogP contribution < -0.4 is 4.74 Å². The van der Waals surface area contributed by atoms with Gasteiger partial charge in [-0.1, -0.05) is 41.4 Å². The van der Waals surface area contributed by atoms with Crippen LogP contribution in [0.4, 0.5) is 0 Å². The first-order chi connectivity index (χ1) is 15.7. The maximum Gasteiger partial charge on any atom is 0.199 e. The molecule has 2 atom stereocenters. The topological polar surface area (TPSA) is 52.1 Å². The number of halogens is 2. The number of H-pyrrole nitrogens is 1. The van der Waals surface area contributed by atoms with Crippen molar-refractivity contribution in [2.45, 2.75) is 31.6 Å². The number of imidazole rings is 1. The van der Waals surface area contributed by atoms with E-state index in [9.17, 15) is 0 Å². The van der Waals surface area contributed by atoms with Gasteiger partial charge in [0.15, 0.2) is 6.29 Å². The van der Waals surface area contributed by atoms with Gasteiger partial charge in [-0.15, -0.1) is 0 Å². The molecule has 5 rings (SSSR count). The van der Waals surface area contributed by atoms with Crippen molar-refractivity contribution in [3.05, 3.63) is 94.8 Å². The number of nitrogens with one attached hydrogen (secondary N) is 1. The van der Waals surface area contributed by atoms with Gasteiger partial charge in [0.2, 0.25) is 0 Å². The van der Waals surface area contributed by atoms with Crippen molar-refractivity contribution in [3.8, 4) is 16.9 Å². The molecule has 3 heterocycles. The summed E-state index contributed by atoms with van der Waals surface area (Å²) in [5.74, 6) is 0.810. The van der Waals surface area contributed by atoms with Crippen molar-refractivity contribution in [3.63, 3.8) is 0 Å². The van der Waals surface area contributed by atoms with Crippen LogP contribution in [0.5, 0.6) is 5.75 Å². The molecule has 0 bridgehead atoms. The number of nitrogens with zero attached hydrogens (tertiary/aromatic N) is 2. The molecule has 0 amide bonds. The molecule has 1 saturated heterocycles. The third-order valence-electron chi connectivity index (χ3n) is 5.72. The number of aromatic nitrogens is 3. The number of benzene rings is 2. The Morgan fingerprint density at radius 1 is 1.06 bits per heavy atom. The quantitative estimate of drug-likeness (QED) is 0.342. The average Bonchev–Trinajstić information content (AvgIpc) is 3.50. The van der Waals surface area contributed by atoms with Gasteiger partial charge in [0.1, 0.15) is 5.75 Å². The van der Waals surface area contributed by atoms with Crippen LogP contribution in [0.15, 0.2) is 73.6 Å². The number of rotatable bonds is 6. The molecular formula is C25H23Cl2N3O2. The minimum Gasteiger partial charge on any atom is -0.465 e. The lowest BCUT2D eigenvalue weighted by atomic mass is 9.94. The van der Waals surface area contributed by atoms with Crippen LogP contribution in [0.3, 0.4) is 0 Å². The summed E-state index contributed by atoms with van der Waals surface area (Å²) in [5, 5.41) is 1.22. The van der Waals surface area contributed by atoms with Crippen LogP contribution in [0.25, 0.3) is 11.1 Å². The zero-order chi connectivity index (χ0) is 21.9. The SMILES string of the molecule is Clc1ccc(C(c2c[nH]cc2-c2ccc(OC3CCCCO3)cc2)n2ccnc2)c(Cl)c1. The summed E-state index contributed by atoms with van der Waals surface area (Å²) in [4.78, 5) is 7.52. The Bertz CT molecular complexity index is 1170. The molecule has 2 aromatic heterocycles. The molecule has 32 heavy (non-hydrogen) atoms. The molecule has 0 saturated carbocycles. The van der Waals surface area contributed by atoms with Gasteiger partial charge in [0.25, 0.3) is 0 Å². The fourth-order valence-electron chi connectivity index (χ4n) is 4.16. The average molecular weight is 468 g/mol. The van der Waals surface area contributed by atoms with Crippen LogP contribution in [0, 0.1) is 0 Å². The predicted molar refractivity (Wildman–Crippen MR) is 126 cm³/mol. The van der Waals surface area contributed by atoms with Crippen molar-refractivity contribution < 1.29 is 9.47 Å². The predicted octanol–water partition coefficient (Wildman–Crippen LogP) is 6.73. The fourth-order valence-corrected chi connectivity index (χ4v) is 4.67. The molecule has 2 unspecified atom stereocenters. The highest BCUT2D eigenvalue weighted by Crippen LogP contribution is 2.38. The Hall–Kier alpha value is -2.73. The molecule has 7 heteroatoms. The molecule has 5 nitrogen and oxygen atoms in total. The van der Waals surface area contributed by atoms with E-state index >= 15 is 0 Å². The van der Waals surface area contributed by atoms with Gasteiger partial charge >= 0.3 is 0 Å². The second-order valence-corrected chi connectivity index (χ2v) is 8.68. The summed E-state index contributed by atoms with van der Waals surface area (Å²) in [6, 6.07) is 13.6. The van der Waals surface area contributed by atoms with Crippen molar-refractivity contribution >= 4 is 23.2 Å². The number of ether oxygens (including phenoxy) is 2. The number of hydrogen-bond acceptors (Lipinski definition) is 3.